The average Bonchev–Trinajstić information content (AvgIpc) is 2.96. The molecule has 0 bridgehead atoms. The van der Waals surface area contributed by atoms with Crippen molar-refractivity contribution in [3.63, 3.8) is 0 Å². The zero-order valence-electron chi connectivity index (χ0n) is 17.2. The molecule has 1 heterocycles. The van der Waals surface area contributed by atoms with Gasteiger partial charge in [-0.1, -0.05) is 25.7 Å². The third-order valence-corrected chi connectivity index (χ3v) is 7.53. The van der Waals surface area contributed by atoms with E-state index in [-0.39, 0.29) is 36.5 Å². The molecule has 3 rings (SSSR count). The van der Waals surface area contributed by atoms with E-state index in [9.17, 15) is 26.4 Å². The first-order valence-electron chi connectivity index (χ1n) is 10.5. The van der Waals surface area contributed by atoms with Crippen LogP contribution in [0.1, 0.15) is 38.5 Å². The summed E-state index contributed by atoms with van der Waals surface area (Å²) < 4.78 is 67.4. The highest BCUT2D eigenvalue weighted by atomic mass is 32.2. The number of ether oxygens (including phenoxy) is 1. The Hall–Kier alpha value is -1.85. The van der Waals surface area contributed by atoms with Gasteiger partial charge in [-0.2, -0.15) is 4.31 Å². The van der Waals surface area contributed by atoms with Crippen LogP contribution in [0.4, 0.5) is 13.2 Å². The van der Waals surface area contributed by atoms with Gasteiger partial charge in [0.1, 0.15) is 5.75 Å². The van der Waals surface area contributed by atoms with Gasteiger partial charge in [-0.25, -0.2) is 8.42 Å². The molecule has 1 aromatic rings. The Morgan fingerprint density at radius 1 is 1.00 bits per heavy atom. The Labute approximate surface area is 180 Å². The minimum absolute atomic E-state index is 0.0385. The number of sulfonamides is 1. The maximum absolute atomic E-state index is 12.8. The van der Waals surface area contributed by atoms with Gasteiger partial charge in [0.25, 0.3) is 0 Å². The predicted molar refractivity (Wildman–Crippen MR) is 108 cm³/mol. The monoisotopic (exact) mass is 463 g/mol. The second-order valence-electron chi connectivity index (χ2n) is 7.96. The van der Waals surface area contributed by atoms with Crippen LogP contribution in [0.5, 0.6) is 5.75 Å². The minimum atomic E-state index is -4.83. The summed E-state index contributed by atoms with van der Waals surface area (Å²) in [6.07, 6.45) is 1.85. The standard InChI is InChI=1S/C20H28F3N3O4S/c21-20(22,23)30-17-7-9-18(10-8-17)31(28,29)26-13-11-25(12-14-26)15-19(27)24-16-5-3-1-2-4-6-16/h7-10,16H,1-6,11-15H2,(H,24,27). The van der Waals surface area contributed by atoms with Crippen molar-refractivity contribution >= 4 is 15.9 Å². The Kier molecular flexibility index (Phi) is 7.82. The summed E-state index contributed by atoms with van der Waals surface area (Å²) in [6.45, 7) is 1.47. The number of rotatable bonds is 6. The fourth-order valence-electron chi connectivity index (χ4n) is 3.99. The van der Waals surface area contributed by atoms with Gasteiger partial charge in [0.05, 0.1) is 11.4 Å². The molecular weight excluding hydrogens is 435 g/mol. The van der Waals surface area contributed by atoms with E-state index in [1.54, 1.807) is 0 Å². The van der Waals surface area contributed by atoms with Crippen LogP contribution in [0.15, 0.2) is 29.2 Å². The number of benzene rings is 1. The van der Waals surface area contributed by atoms with Crippen LogP contribution in [0.25, 0.3) is 0 Å². The molecule has 1 saturated heterocycles. The SMILES string of the molecule is O=C(CN1CCN(S(=O)(=O)c2ccc(OC(F)(F)F)cc2)CC1)NC1CCCCCC1. The van der Waals surface area contributed by atoms with E-state index in [1.165, 1.54) is 17.1 Å². The molecule has 0 spiro atoms. The van der Waals surface area contributed by atoms with Gasteiger partial charge in [-0.05, 0) is 37.1 Å². The van der Waals surface area contributed by atoms with Crippen molar-refractivity contribution in [1.82, 2.24) is 14.5 Å². The van der Waals surface area contributed by atoms with Crippen molar-refractivity contribution < 1.29 is 31.1 Å². The topological polar surface area (TPSA) is 79.0 Å². The molecule has 0 unspecified atom stereocenters. The average molecular weight is 464 g/mol. The number of carbonyl (C=O) groups excluding carboxylic acids is 1. The van der Waals surface area contributed by atoms with Crippen LogP contribution in [0.3, 0.4) is 0 Å². The summed E-state index contributed by atoms with van der Waals surface area (Å²) in [5.41, 5.74) is 0. The van der Waals surface area contributed by atoms with E-state index in [1.807, 2.05) is 4.90 Å². The second-order valence-corrected chi connectivity index (χ2v) is 9.89. The van der Waals surface area contributed by atoms with Crippen LogP contribution in [-0.2, 0) is 14.8 Å². The molecule has 1 aliphatic heterocycles. The van der Waals surface area contributed by atoms with E-state index in [0.29, 0.717) is 13.1 Å². The van der Waals surface area contributed by atoms with Crippen LogP contribution >= 0.6 is 0 Å². The molecule has 0 radical (unpaired) electrons. The summed E-state index contributed by atoms with van der Waals surface area (Å²) in [5.74, 6) is -0.514. The molecule has 174 valence electrons. The zero-order valence-corrected chi connectivity index (χ0v) is 18.1. The highest BCUT2D eigenvalue weighted by Gasteiger charge is 2.32. The first-order chi connectivity index (χ1) is 14.6. The summed E-state index contributed by atoms with van der Waals surface area (Å²) in [6, 6.07) is 4.38. The number of nitrogens with one attached hydrogen (secondary N) is 1. The molecule has 1 aromatic carbocycles. The van der Waals surface area contributed by atoms with Gasteiger partial charge in [0.2, 0.25) is 15.9 Å². The van der Waals surface area contributed by atoms with E-state index in [4.69, 9.17) is 0 Å². The molecule has 1 amide bonds. The number of carbonyl (C=O) groups is 1. The lowest BCUT2D eigenvalue weighted by atomic mass is 10.1. The van der Waals surface area contributed by atoms with Gasteiger partial charge in [0, 0.05) is 32.2 Å². The number of hydrogen-bond donors (Lipinski definition) is 1. The normalized spacial score (nSPS) is 20.2. The van der Waals surface area contributed by atoms with Gasteiger partial charge in [0.15, 0.2) is 0 Å². The van der Waals surface area contributed by atoms with Crippen LogP contribution in [0.2, 0.25) is 0 Å². The summed E-state index contributed by atoms with van der Waals surface area (Å²) in [5, 5.41) is 3.09. The van der Waals surface area contributed by atoms with Crippen molar-refractivity contribution in [2.24, 2.45) is 0 Å². The molecule has 0 aromatic heterocycles. The minimum Gasteiger partial charge on any atom is -0.406 e. The van der Waals surface area contributed by atoms with Gasteiger partial charge in [-0.3, -0.25) is 9.69 Å². The highest BCUT2D eigenvalue weighted by molar-refractivity contribution is 7.89. The Balaban J connectivity index is 1.49. The smallest absolute Gasteiger partial charge is 0.406 e. The lowest BCUT2D eigenvalue weighted by molar-refractivity contribution is -0.274. The number of alkyl halides is 3. The molecule has 7 nitrogen and oxygen atoms in total. The second kappa shape index (κ2) is 10.2. The van der Waals surface area contributed by atoms with Gasteiger partial charge >= 0.3 is 6.36 Å². The highest BCUT2D eigenvalue weighted by Crippen LogP contribution is 2.25. The summed E-state index contributed by atoms with van der Waals surface area (Å²) >= 11 is 0. The lowest BCUT2D eigenvalue weighted by Crippen LogP contribution is -2.51. The van der Waals surface area contributed by atoms with Crippen molar-refractivity contribution in [2.45, 2.75) is 55.8 Å². The van der Waals surface area contributed by atoms with Gasteiger partial charge in [-0.15, -0.1) is 13.2 Å². The van der Waals surface area contributed by atoms with E-state index in [2.05, 4.69) is 10.1 Å². The lowest BCUT2D eigenvalue weighted by Gasteiger charge is -2.33. The van der Waals surface area contributed by atoms with Crippen LogP contribution in [0, 0.1) is 0 Å². The summed E-state index contributed by atoms with van der Waals surface area (Å²) in [4.78, 5) is 14.2. The molecular formula is C20H28F3N3O4S. The van der Waals surface area contributed by atoms with Crippen molar-refractivity contribution in [3.05, 3.63) is 24.3 Å². The zero-order chi connectivity index (χ0) is 22.5. The molecule has 0 atom stereocenters. The fourth-order valence-corrected chi connectivity index (χ4v) is 5.41. The maximum atomic E-state index is 12.8. The maximum Gasteiger partial charge on any atom is 0.573 e. The van der Waals surface area contributed by atoms with Crippen LogP contribution in [-0.4, -0.2) is 68.7 Å². The van der Waals surface area contributed by atoms with Crippen molar-refractivity contribution in [3.8, 4) is 5.75 Å². The van der Waals surface area contributed by atoms with Gasteiger partial charge < -0.3 is 10.1 Å². The Morgan fingerprint density at radius 3 is 2.13 bits per heavy atom. The molecule has 11 heteroatoms. The third kappa shape index (κ3) is 7.08. The van der Waals surface area contributed by atoms with Crippen molar-refractivity contribution in [1.29, 1.82) is 0 Å². The summed E-state index contributed by atoms with van der Waals surface area (Å²) in [7, 11) is -3.83. The molecule has 1 saturated carbocycles. The molecule has 2 fully saturated rings. The third-order valence-electron chi connectivity index (χ3n) is 5.61. The number of amides is 1. The van der Waals surface area contributed by atoms with E-state index < -0.39 is 22.1 Å². The predicted octanol–water partition coefficient (Wildman–Crippen LogP) is 2.73. The number of hydrogen-bond acceptors (Lipinski definition) is 5. The fraction of sp³-hybridized carbons (Fsp3) is 0.650. The molecule has 1 N–H and O–H groups in total. The first kappa shape index (κ1) is 23.8. The Morgan fingerprint density at radius 2 is 1.58 bits per heavy atom. The van der Waals surface area contributed by atoms with E-state index >= 15 is 0 Å². The quantitative estimate of drug-likeness (QED) is 0.657. The largest absolute Gasteiger partial charge is 0.573 e. The Bertz CT molecular complexity index is 830. The van der Waals surface area contributed by atoms with Crippen molar-refractivity contribution in [2.75, 3.05) is 32.7 Å². The molecule has 31 heavy (non-hydrogen) atoms. The first-order valence-corrected chi connectivity index (χ1v) is 12.0. The molecule has 2 aliphatic rings. The van der Waals surface area contributed by atoms with E-state index in [0.717, 1.165) is 49.9 Å². The van der Waals surface area contributed by atoms with Crippen LogP contribution < -0.4 is 10.1 Å². The molecule has 1 aliphatic carbocycles. The number of piperazine rings is 1. The number of nitrogens with zero attached hydrogens (tertiary/aromatic N) is 2. The number of halogens is 3.